The number of terminal acetylenes is 1. The van der Waals surface area contributed by atoms with Crippen LogP contribution in [0, 0.1) is 12.3 Å². The van der Waals surface area contributed by atoms with Gasteiger partial charge in [0.15, 0.2) is 0 Å². The molecule has 3 rings (SSSR count). The molecule has 1 N–H and O–H groups in total. The SMILES string of the molecule is C#CCNS(=O)(=O)c1cccc(C(=O)N2CCN(Cc3ccccc3)CC2)c1. The normalized spacial score (nSPS) is 15.2. The van der Waals surface area contributed by atoms with Gasteiger partial charge in [-0.3, -0.25) is 9.69 Å². The van der Waals surface area contributed by atoms with E-state index in [4.69, 9.17) is 6.42 Å². The number of carbonyl (C=O) groups is 1. The molecule has 6 nitrogen and oxygen atoms in total. The van der Waals surface area contributed by atoms with E-state index in [1.807, 2.05) is 18.2 Å². The molecule has 1 saturated heterocycles. The first kappa shape index (κ1) is 20.1. The Hall–Kier alpha value is -2.66. The maximum atomic E-state index is 12.8. The number of amides is 1. The van der Waals surface area contributed by atoms with Gasteiger partial charge < -0.3 is 4.90 Å². The van der Waals surface area contributed by atoms with Crippen LogP contribution in [0.15, 0.2) is 59.5 Å². The molecule has 1 aliphatic heterocycles. The molecule has 1 amide bonds. The molecule has 1 aliphatic rings. The number of piperazine rings is 1. The highest BCUT2D eigenvalue weighted by atomic mass is 32.2. The lowest BCUT2D eigenvalue weighted by Gasteiger charge is -2.34. The van der Waals surface area contributed by atoms with Gasteiger partial charge in [-0.25, -0.2) is 8.42 Å². The van der Waals surface area contributed by atoms with E-state index in [9.17, 15) is 13.2 Å². The third kappa shape index (κ3) is 4.98. The molecule has 0 atom stereocenters. The zero-order valence-corrected chi connectivity index (χ0v) is 16.4. The van der Waals surface area contributed by atoms with Crippen LogP contribution in [0.5, 0.6) is 0 Å². The van der Waals surface area contributed by atoms with E-state index in [-0.39, 0.29) is 17.3 Å². The molecule has 0 saturated carbocycles. The number of benzene rings is 2. The molecule has 1 heterocycles. The van der Waals surface area contributed by atoms with Crippen molar-refractivity contribution < 1.29 is 13.2 Å². The highest BCUT2D eigenvalue weighted by Crippen LogP contribution is 2.15. The smallest absolute Gasteiger partial charge is 0.253 e. The lowest BCUT2D eigenvalue weighted by Crippen LogP contribution is -2.48. The van der Waals surface area contributed by atoms with Crippen molar-refractivity contribution in [2.45, 2.75) is 11.4 Å². The fourth-order valence-corrected chi connectivity index (χ4v) is 4.13. The summed E-state index contributed by atoms with van der Waals surface area (Å²) >= 11 is 0. The van der Waals surface area contributed by atoms with E-state index in [0.717, 1.165) is 19.6 Å². The van der Waals surface area contributed by atoms with Crippen LogP contribution in [0.1, 0.15) is 15.9 Å². The summed E-state index contributed by atoms with van der Waals surface area (Å²) in [5.74, 6) is 2.08. The average molecular weight is 398 g/mol. The van der Waals surface area contributed by atoms with Gasteiger partial charge >= 0.3 is 0 Å². The molecule has 1 fully saturated rings. The molecule has 0 spiro atoms. The number of nitrogens with zero attached hydrogens (tertiary/aromatic N) is 2. The minimum absolute atomic E-state index is 0.0383. The zero-order valence-electron chi connectivity index (χ0n) is 15.5. The minimum Gasteiger partial charge on any atom is -0.336 e. The maximum Gasteiger partial charge on any atom is 0.253 e. The van der Waals surface area contributed by atoms with Crippen LogP contribution in [0.3, 0.4) is 0 Å². The Labute approximate surface area is 166 Å². The summed E-state index contributed by atoms with van der Waals surface area (Å²) in [5.41, 5.74) is 1.61. The second-order valence-electron chi connectivity index (χ2n) is 6.61. The van der Waals surface area contributed by atoms with Crippen LogP contribution >= 0.6 is 0 Å². The molecule has 146 valence electrons. The van der Waals surface area contributed by atoms with Crippen molar-refractivity contribution in [3.63, 3.8) is 0 Å². The highest BCUT2D eigenvalue weighted by Gasteiger charge is 2.23. The van der Waals surface area contributed by atoms with E-state index in [1.165, 1.54) is 17.7 Å². The number of hydrogen-bond donors (Lipinski definition) is 1. The zero-order chi connectivity index (χ0) is 20.0. The van der Waals surface area contributed by atoms with Crippen LogP contribution in [0.25, 0.3) is 0 Å². The third-order valence-corrected chi connectivity index (χ3v) is 6.06. The first-order valence-electron chi connectivity index (χ1n) is 9.08. The number of rotatable bonds is 6. The number of carbonyl (C=O) groups excluding carboxylic acids is 1. The molecule has 0 aromatic heterocycles. The fraction of sp³-hybridized carbons (Fsp3) is 0.286. The van der Waals surface area contributed by atoms with E-state index in [0.29, 0.717) is 18.7 Å². The van der Waals surface area contributed by atoms with Crippen molar-refractivity contribution in [1.82, 2.24) is 14.5 Å². The van der Waals surface area contributed by atoms with Gasteiger partial charge in [-0.15, -0.1) is 6.42 Å². The topological polar surface area (TPSA) is 69.7 Å². The Balaban J connectivity index is 1.62. The van der Waals surface area contributed by atoms with Crippen molar-refractivity contribution in [2.75, 3.05) is 32.7 Å². The van der Waals surface area contributed by atoms with Crippen LogP contribution < -0.4 is 4.72 Å². The molecule has 0 unspecified atom stereocenters. The van der Waals surface area contributed by atoms with Crippen LogP contribution in [0.4, 0.5) is 0 Å². The Kier molecular flexibility index (Phi) is 6.47. The molecule has 28 heavy (non-hydrogen) atoms. The van der Waals surface area contributed by atoms with Crippen molar-refractivity contribution in [3.8, 4) is 12.3 Å². The fourth-order valence-electron chi connectivity index (χ4n) is 3.15. The quantitative estimate of drug-likeness (QED) is 0.751. The highest BCUT2D eigenvalue weighted by molar-refractivity contribution is 7.89. The van der Waals surface area contributed by atoms with Crippen molar-refractivity contribution in [2.24, 2.45) is 0 Å². The molecule has 0 bridgehead atoms. The first-order chi connectivity index (χ1) is 13.5. The number of hydrogen-bond acceptors (Lipinski definition) is 4. The van der Waals surface area contributed by atoms with Gasteiger partial charge in [0, 0.05) is 38.3 Å². The Morgan fingerprint density at radius 2 is 1.75 bits per heavy atom. The largest absolute Gasteiger partial charge is 0.336 e. The summed E-state index contributed by atoms with van der Waals surface area (Å²) in [4.78, 5) is 16.9. The summed E-state index contributed by atoms with van der Waals surface area (Å²) in [6.07, 6.45) is 5.11. The Morgan fingerprint density at radius 3 is 2.43 bits per heavy atom. The van der Waals surface area contributed by atoms with Gasteiger partial charge in [0.25, 0.3) is 5.91 Å². The predicted molar refractivity (Wildman–Crippen MR) is 108 cm³/mol. The van der Waals surface area contributed by atoms with Gasteiger partial charge in [-0.05, 0) is 23.8 Å². The van der Waals surface area contributed by atoms with E-state index < -0.39 is 10.0 Å². The third-order valence-electron chi connectivity index (χ3n) is 4.66. The maximum absolute atomic E-state index is 12.8. The van der Waals surface area contributed by atoms with Gasteiger partial charge in [0.1, 0.15) is 0 Å². The molecular weight excluding hydrogens is 374 g/mol. The second kappa shape index (κ2) is 9.02. The van der Waals surface area contributed by atoms with Crippen LogP contribution in [-0.4, -0.2) is 56.8 Å². The summed E-state index contributed by atoms with van der Waals surface area (Å²) in [7, 11) is -3.72. The van der Waals surface area contributed by atoms with Crippen molar-refractivity contribution in [1.29, 1.82) is 0 Å². The summed E-state index contributed by atoms with van der Waals surface area (Å²) in [6.45, 7) is 3.54. The molecule has 2 aromatic carbocycles. The van der Waals surface area contributed by atoms with E-state index in [2.05, 4.69) is 27.7 Å². The van der Waals surface area contributed by atoms with Gasteiger partial charge in [0.05, 0.1) is 11.4 Å². The van der Waals surface area contributed by atoms with E-state index in [1.54, 1.807) is 17.0 Å². The van der Waals surface area contributed by atoms with E-state index >= 15 is 0 Å². The van der Waals surface area contributed by atoms with Gasteiger partial charge in [0.2, 0.25) is 10.0 Å². The number of sulfonamides is 1. The minimum atomic E-state index is -3.72. The standard InChI is InChI=1S/C21H23N3O3S/c1-2-11-22-28(26,27)20-10-6-9-19(16-20)21(25)24-14-12-23(13-15-24)17-18-7-4-3-5-8-18/h1,3-10,16,22H,11-15,17H2. The molecule has 0 aliphatic carbocycles. The van der Waals surface area contributed by atoms with Crippen molar-refractivity contribution in [3.05, 3.63) is 65.7 Å². The summed E-state index contributed by atoms with van der Waals surface area (Å²) < 4.78 is 26.7. The lowest BCUT2D eigenvalue weighted by atomic mass is 10.1. The Morgan fingerprint density at radius 1 is 1.04 bits per heavy atom. The summed E-state index contributed by atoms with van der Waals surface area (Å²) in [5, 5.41) is 0. The van der Waals surface area contributed by atoms with Crippen LogP contribution in [-0.2, 0) is 16.6 Å². The Bertz CT molecular complexity index is 960. The van der Waals surface area contributed by atoms with Gasteiger partial charge in [-0.1, -0.05) is 42.3 Å². The predicted octanol–water partition coefficient (Wildman–Crippen LogP) is 1.56. The second-order valence-corrected chi connectivity index (χ2v) is 8.38. The average Bonchev–Trinajstić information content (AvgIpc) is 2.73. The molecule has 2 aromatic rings. The number of nitrogens with one attached hydrogen (secondary N) is 1. The molecular formula is C21H23N3O3S. The molecule has 0 radical (unpaired) electrons. The van der Waals surface area contributed by atoms with Crippen molar-refractivity contribution >= 4 is 15.9 Å². The summed E-state index contributed by atoms with van der Waals surface area (Å²) in [6, 6.07) is 16.3. The first-order valence-corrected chi connectivity index (χ1v) is 10.6. The lowest BCUT2D eigenvalue weighted by molar-refractivity contribution is 0.0628. The monoisotopic (exact) mass is 397 g/mol. The molecule has 7 heteroatoms. The van der Waals surface area contributed by atoms with Gasteiger partial charge in [-0.2, -0.15) is 4.72 Å². The van der Waals surface area contributed by atoms with Crippen LogP contribution in [0.2, 0.25) is 0 Å².